The third-order valence-electron chi connectivity index (χ3n) is 2.63. The third-order valence-corrected chi connectivity index (χ3v) is 3.35. The van der Waals surface area contributed by atoms with Crippen LogP contribution < -0.4 is 0 Å². The van der Waals surface area contributed by atoms with E-state index in [9.17, 15) is 0 Å². The van der Waals surface area contributed by atoms with Gasteiger partial charge in [-0.05, 0) is 71.5 Å². The van der Waals surface area contributed by atoms with Crippen LogP contribution >= 0.6 is 22.6 Å². The van der Waals surface area contributed by atoms with Crippen LogP contribution in [0.25, 0.3) is 22.6 Å². The molecule has 0 radical (unpaired) electrons. The second-order valence-corrected chi connectivity index (χ2v) is 5.24. The summed E-state index contributed by atoms with van der Waals surface area (Å²) in [5, 5.41) is 0. The summed E-state index contributed by atoms with van der Waals surface area (Å²) in [5.41, 5.74) is 3.96. The van der Waals surface area contributed by atoms with E-state index in [2.05, 4.69) is 46.6 Å². The summed E-state index contributed by atoms with van der Waals surface area (Å²) in [6.07, 6.45) is 0. The first-order valence-electron chi connectivity index (χ1n) is 5.35. The van der Waals surface area contributed by atoms with Gasteiger partial charge in [-0.2, -0.15) is 0 Å². The lowest BCUT2D eigenvalue weighted by atomic mass is 10.2. The molecule has 0 bridgehead atoms. The number of fused-ring (bicyclic) bond motifs is 1. The molecule has 1 aromatic heterocycles. The molecular weight excluding hydrogens is 325 g/mol. The summed E-state index contributed by atoms with van der Waals surface area (Å²) in [5.74, 6) is 0.682. The summed E-state index contributed by atoms with van der Waals surface area (Å²) in [4.78, 5) is 4.50. The highest BCUT2D eigenvalue weighted by Crippen LogP contribution is 2.25. The van der Waals surface area contributed by atoms with Gasteiger partial charge in [0.1, 0.15) is 5.52 Å². The number of hydrogen-bond acceptors (Lipinski definition) is 2. The molecule has 0 unspecified atom stereocenters. The molecule has 17 heavy (non-hydrogen) atoms. The molecular formula is C14H10INO. The van der Waals surface area contributed by atoms with Crippen molar-refractivity contribution in [1.82, 2.24) is 4.98 Å². The fraction of sp³-hybridized carbons (Fsp3) is 0.0714. The Bertz CT molecular complexity index is 670. The number of halogens is 1. The van der Waals surface area contributed by atoms with Crippen molar-refractivity contribution < 1.29 is 4.42 Å². The van der Waals surface area contributed by atoms with Crippen LogP contribution in [0.4, 0.5) is 0 Å². The molecule has 0 saturated heterocycles. The van der Waals surface area contributed by atoms with Gasteiger partial charge in [-0.25, -0.2) is 4.98 Å². The normalized spacial score (nSPS) is 10.9. The van der Waals surface area contributed by atoms with Crippen LogP contribution in [0.1, 0.15) is 5.56 Å². The number of nitrogens with zero attached hydrogens (tertiary/aromatic N) is 1. The zero-order valence-corrected chi connectivity index (χ0v) is 11.4. The molecule has 1 heterocycles. The summed E-state index contributed by atoms with van der Waals surface area (Å²) in [6.45, 7) is 2.05. The number of benzene rings is 2. The largest absolute Gasteiger partial charge is 0.436 e. The van der Waals surface area contributed by atoms with Crippen LogP contribution in [0, 0.1) is 10.5 Å². The van der Waals surface area contributed by atoms with Crippen molar-refractivity contribution in [2.24, 2.45) is 0 Å². The lowest BCUT2D eigenvalue weighted by molar-refractivity contribution is 0.620. The molecule has 0 fully saturated rings. The highest BCUT2D eigenvalue weighted by atomic mass is 127. The summed E-state index contributed by atoms with van der Waals surface area (Å²) in [7, 11) is 0. The maximum Gasteiger partial charge on any atom is 0.227 e. The lowest BCUT2D eigenvalue weighted by Crippen LogP contribution is -1.77. The van der Waals surface area contributed by atoms with Crippen molar-refractivity contribution in [2.45, 2.75) is 6.92 Å². The predicted octanol–water partition coefficient (Wildman–Crippen LogP) is 4.41. The van der Waals surface area contributed by atoms with Crippen molar-refractivity contribution >= 4 is 33.7 Å². The molecule has 84 valence electrons. The molecule has 0 atom stereocenters. The van der Waals surface area contributed by atoms with Gasteiger partial charge >= 0.3 is 0 Å². The zero-order chi connectivity index (χ0) is 11.8. The Morgan fingerprint density at radius 3 is 2.59 bits per heavy atom. The van der Waals surface area contributed by atoms with Gasteiger partial charge in [0.2, 0.25) is 5.89 Å². The number of hydrogen-bond donors (Lipinski definition) is 0. The molecule has 0 N–H and O–H groups in total. The van der Waals surface area contributed by atoms with E-state index in [0.29, 0.717) is 5.89 Å². The molecule has 3 rings (SSSR count). The standard InChI is InChI=1S/C14H10INO/c1-9-2-7-13-12(8-9)16-14(17-13)10-3-5-11(15)6-4-10/h2-8H,1H3. The predicted molar refractivity (Wildman–Crippen MR) is 76.9 cm³/mol. The smallest absolute Gasteiger partial charge is 0.227 e. The first-order valence-corrected chi connectivity index (χ1v) is 6.43. The van der Waals surface area contributed by atoms with E-state index in [1.54, 1.807) is 0 Å². The van der Waals surface area contributed by atoms with E-state index in [4.69, 9.17) is 4.42 Å². The quantitative estimate of drug-likeness (QED) is 0.616. The van der Waals surface area contributed by atoms with Gasteiger partial charge in [0, 0.05) is 9.13 Å². The average Bonchev–Trinajstić information content (AvgIpc) is 2.72. The van der Waals surface area contributed by atoms with Crippen molar-refractivity contribution in [3.63, 3.8) is 0 Å². The van der Waals surface area contributed by atoms with Crippen molar-refractivity contribution in [3.05, 3.63) is 51.6 Å². The third kappa shape index (κ3) is 2.07. The molecule has 0 aliphatic rings. The van der Waals surface area contributed by atoms with Crippen LogP contribution in [0.5, 0.6) is 0 Å². The lowest BCUT2D eigenvalue weighted by Gasteiger charge is -1.94. The molecule has 0 aliphatic carbocycles. The van der Waals surface area contributed by atoms with Gasteiger partial charge < -0.3 is 4.42 Å². The summed E-state index contributed by atoms with van der Waals surface area (Å²) < 4.78 is 6.94. The van der Waals surface area contributed by atoms with Crippen molar-refractivity contribution in [2.75, 3.05) is 0 Å². The minimum Gasteiger partial charge on any atom is -0.436 e. The van der Waals surface area contributed by atoms with E-state index >= 15 is 0 Å². The molecule has 0 aliphatic heterocycles. The molecule has 0 spiro atoms. The molecule has 3 aromatic rings. The fourth-order valence-corrected chi connectivity index (χ4v) is 2.11. The van der Waals surface area contributed by atoms with Crippen LogP contribution in [0.2, 0.25) is 0 Å². The van der Waals surface area contributed by atoms with Gasteiger partial charge in [0.25, 0.3) is 0 Å². The second-order valence-electron chi connectivity index (χ2n) is 4.00. The first kappa shape index (κ1) is 10.8. The van der Waals surface area contributed by atoms with E-state index in [1.165, 1.54) is 9.13 Å². The highest BCUT2D eigenvalue weighted by molar-refractivity contribution is 14.1. The van der Waals surface area contributed by atoms with Crippen LogP contribution in [0.3, 0.4) is 0 Å². The zero-order valence-electron chi connectivity index (χ0n) is 9.27. The van der Waals surface area contributed by atoms with Crippen LogP contribution in [-0.2, 0) is 0 Å². The average molecular weight is 335 g/mol. The maximum absolute atomic E-state index is 5.74. The second kappa shape index (κ2) is 4.14. The van der Waals surface area contributed by atoms with Crippen LogP contribution in [0.15, 0.2) is 46.9 Å². The molecule has 0 amide bonds. The van der Waals surface area contributed by atoms with Crippen molar-refractivity contribution in [1.29, 1.82) is 0 Å². The minimum absolute atomic E-state index is 0.682. The minimum atomic E-state index is 0.682. The molecule has 2 nitrogen and oxygen atoms in total. The van der Waals surface area contributed by atoms with E-state index < -0.39 is 0 Å². The highest BCUT2D eigenvalue weighted by Gasteiger charge is 2.07. The monoisotopic (exact) mass is 335 g/mol. The number of aryl methyl sites for hydroxylation is 1. The Morgan fingerprint density at radius 2 is 1.82 bits per heavy atom. The van der Waals surface area contributed by atoms with E-state index in [1.807, 2.05) is 30.3 Å². The fourth-order valence-electron chi connectivity index (χ4n) is 1.75. The summed E-state index contributed by atoms with van der Waals surface area (Å²) in [6, 6.07) is 14.2. The topological polar surface area (TPSA) is 26.0 Å². The van der Waals surface area contributed by atoms with Gasteiger partial charge in [-0.1, -0.05) is 6.07 Å². The van der Waals surface area contributed by atoms with Gasteiger partial charge in [0.15, 0.2) is 5.58 Å². The van der Waals surface area contributed by atoms with Gasteiger partial charge in [-0.3, -0.25) is 0 Å². The molecule has 2 aromatic carbocycles. The number of oxazole rings is 1. The number of aromatic nitrogens is 1. The van der Waals surface area contributed by atoms with E-state index in [0.717, 1.165) is 16.7 Å². The van der Waals surface area contributed by atoms with E-state index in [-0.39, 0.29) is 0 Å². The molecule has 0 saturated carbocycles. The Balaban J connectivity index is 2.14. The summed E-state index contributed by atoms with van der Waals surface area (Å²) >= 11 is 2.28. The SMILES string of the molecule is Cc1ccc2oc(-c3ccc(I)cc3)nc2c1. The Kier molecular flexibility index (Phi) is 2.63. The maximum atomic E-state index is 5.74. The Hall–Kier alpha value is -1.36. The van der Waals surface area contributed by atoms with Crippen LogP contribution in [-0.4, -0.2) is 4.98 Å². The molecule has 3 heteroatoms. The van der Waals surface area contributed by atoms with Gasteiger partial charge in [-0.15, -0.1) is 0 Å². The Labute approximate surface area is 113 Å². The first-order chi connectivity index (χ1) is 8.22. The van der Waals surface area contributed by atoms with Crippen molar-refractivity contribution in [3.8, 4) is 11.5 Å². The number of rotatable bonds is 1. The van der Waals surface area contributed by atoms with Gasteiger partial charge in [0.05, 0.1) is 0 Å². The Morgan fingerprint density at radius 1 is 1.06 bits per heavy atom.